The van der Waals surface area contributed by atoms with E-state index in [4.69, 9.17) is 16.3 Å². The zero-order chi connectivity index (χ0) is 14.7. The van der Waals surface area contributed by atoms with Crippen LogP contribution in [-0.4, -0.2) is 14.2 Å². The van der Waals surface area contributed by atoms with Crippen molar-refractivity contribution in [2.75, 3.05) is 14.2 Å². The summed E-state index contributed by atoms with van der Waals surface area (Å²) in [6, 6.07) is 8.10. The summed E-state index contributed by atoms with van der Waals surface area (Å²) in [5.74, 6) is -0.643. The topological polar surface area (TPSA) is 21.3 Å². The van der Waals surface area contributed by atoms with Crippen LogP contribution in [0.25, 0.3) is 0 Å². The number of hydrogen-bond acceptors (Lipinski definition) is 2. The van der Waals surface area contributed by atoms with E-state index in [0.29, 0.717) is 16.3 Å². The van der Waals surface area contributed by atoms with E-state index in [1.807, 2.05) is 0 Å². The van der Waals surface area contributed by atoms with Gasteiger partial charge in [-0.25, -0.2) is 8.78 Å². The maximum Gasteiger partial charge on any atom is 0.131 e. The number of nitrogens with one attached hydrogen (secondary N) is 1. The first-order chi connectivity index (χ1) is 9.58. The predicted molar refractivity (Wildman–Crippen MR) is 75.3 cm³/mol. The van der Waals surface area contributed by atoms with Crippen molar-refractivity contribution >= 4 is 11.6 Å². The molecule has 1 unspecified atom stereocenters. The van der Waals surface area contributed by atoms with Crippen LogP contribution >= 0.6 is 11.6 Å². The zero-order valence-electron chi connectivity index (χ0n) is 11.1. The summed E-state index contributed by atoms with van der Waals surface area (Å²) in [6.07, 6.45) is 0. The highest BCUT2D eigenvalue weighted by Gasteiger charge is 2.22. The van der Waals surface area contributed by atoms with Crippen LogP contribution in [-0.2, 0) is 0 Å². The first-order valence-electron chi connectivity index (χ1n) is 6.03. The van der Waals surface area contributed by atoms with Crippen LogP contribution in [0.1, 0.15) is 17.2 Å². The highest BCUT2D eigenvalue weighted by atomic mass is 35.5. The minimum Gasteiger partial charge on any atom is -0.497 e. The Balaban J connectivity index is 2.53. The lowest BCUT2D eigenvalue weighted by molar-refractivity contribution is 0.414. The van der Waals surface area contributed by atoms with Crippen LogP contribution in [0.4, 0.5) is 8.78 Å². The Labute approximate surface area is 121 Å². The Bertz CT molecular complexity index is 599. The Kier molecular flexibility index (Phi) is 4.57. The summed E-state index contributed by atoms with van der Waals surface area (Å²) in [6.45, 7) is 0. The smallest absolute Gasteiger partial charge is 0.131 e. The lowest BCUT2D eigenvalue weighted by atomic mass is 9.97. The van der Waals surface area contributed by atoms with Gasteiger partial charge in [-0.1, -0.05) is 23.7 Å². The summed E-state index contributed by atoms with van der Waals surface area (Å²) in [5, 5.41) is 3.27. The number of hydrogen-bond donors (Lipinski definition) is 1. The van der Waals surface area contributed by atoms with Gasteiger partial charge in [-0.3, -0.25) is 0 Å². The minimum atomic E-state index is -0.672. The molecule has 0 radical (unpaired) electrons. The van der Waals surface area contributed by atoms with Gasteiger partial charge in [0.2, 0.25) is 0 Å². The molecule has 1 N–H and O–H groups in total. The monoisotopic (exact) mass is 297 g/mol. The third-order valence-electron chi connectivity index (χ3n) is 3.10. The number of ether oxygens (including phenoxy) is 1. The molecule has 2 nitrogen and oxygen atoms in total. The van der Waals surface area contributed by atoms with Crippen molar-refractivity contribution in [2.45, 2.75) is 6.04 Å². The number of halogens is 3. The lowest BCUT2D eigenvalue weighted by Crippen LogP contribution is -2.20. The van der Waals surface area contributed by atoms with Crippen molar-refractivity contribution in [1.29, 1.82) is 0 Å². The third kappa shape index (κ3) is 2.76. The van der Waals surface area contributed by atoms with Gasteiger partial charge in [-0.05, 0) is 36.9 Å². The lowest BCUT2D eigenvalue weighted by Gasteiger charge is -2.20. The molecule has 106 valence electrons. The summed E-state index contributed by atoms with van der Waals surface area (Å²) in [5.41, 5.74) is 0.529. The maximum atomic E-state index is 13.9. The van der Waals surface area contributed by atoms with E-state index < -0.39 is 17.7 Å². The molecule has 0 aliphatic rings. The summed E-state index contributed by atoms with van der Waals surface area (Å²) >= 11 is 6.17. The van der Waals surface area contributed by atoms with Crippen LogP contribution in [0, 0.1) is 11.6 Å². The van der Waals surface area contributed by atoms with Gasteiger partial charge in [0.05, 0.1) is 13.2 Å². The quantitative estimate of drug-likeness (QED) is 0.923. The average Bonchev–Trinajstić information content (AvgIpc) is 2.43. The Morgan fingerprint density at radius 2 is 1.80 bits per heavy atom. The molecule has 0 heterocycles. The molecule has 0 amide bonds. The van der Waals surface area contributed by atoms with Crippen LogP contribution in [0.15, 0.2) is 36.4 Å². The fourth-order valence-electron chi connectivity index (χ4n) is 2.11. The van der Waals surface area contributed by atoms with Crippen molar-refractivity contribution in [1.82, 2.24) is 5.32 Å². The molecular weight excluding hydrogens is 284 g/mol. The van der Waals surface area contributed by atoms with Crippen LogP contribution in [0.3, 0.4) is 0 Å². The second-order valence-electron chi connectivity index (χ2n) is 4.24. The molecule has 2 aromatic carbocycles. The van der Waals surface area contributed by atoms with Crippen molar-refractivity contribution < 1.29 is 13.5 Å². The number of benzene rings is 2. The Morgan fingerprint density at radius 1 is 1.15 bits per heavy atom. The summed E-state index contributed by atoms with van der Waals surface area (Å²) < 4.78 is 32.9. The summed E-state index contributed by atoms with van der Waals surface area (Å²) in [4.78, 5) is 0. The molecule has 0 aliphatic carbocycles. The van der Waals surface area contributed by atoms with Gasteiger partial charge >= 0.3 is 0 Å². The van der Waals surface area contributed by atoms with Gasteiger partial charge in [0, 0.05) is 10.6 Å². The summed E-state index contributed by atoms with van der Waals surface area (Å²) in [7, 11) is 3.15. The Morgan fingerprint density at radius 3 is 2.30 bits per heavy atom. The van der Waals surface area contributed by atoms with Crippen LogP contribution < -0.4 is 10.1 Å². The van der Waals surface area contributed by atoms with Gasteiger partial charge in [-0.15, -0.1) is 0 Å². The molecule has 2 aromatic rings. The van der Waals surface area contributed by atoms with E-state index in [2.05, 4.69) is 5.32 Å². The first-order valence-corrected chi connectivity index (χ1v) is 6.41. The number of methoxy groups -OCH3 is 1. The third-order valence-corrected chi connectivity index (χ3v) is 3.42. The normalized spacial score (nSPS) is 12.2. The fourth-order valence-corrected chi connectivity index (χ4v) is 2.39. The zero-order valence-corrected chi connectivity index (χ0v) is 11.8. The molecule has 0 bridgehead atoms. The molecule has 0 saturated heterocycles. The fraction of sp³-hybridized carbons (Fsp3) is 0.200. The van der Waals surface area contributed by atoms with Gasteiger partial charge < -0.3 is 10.1 Å². The number of rotatable bonds is 4. The molecule has 5 heteroatoms. The molecule has 0 aliphatic heterocycles. The van der Waals surface area contributed by atoms with Crippen molar-refractivity contribution in [3.05, 3.63) is 64.2 Å². The average molecular weight is 298 g/mol. The first kappa shape index (κ1) is 14.8. The minimum absolute atomic E-state index is 0.0536. The van der Waals surface area contributed by atoms with Gasteiger partial charge in [0.15, 0.2) is 0 Å². The molecular formula is C15H14ClF2NO. The van der Waals surface area contributed by atoms with Crippen LogP contribution in [0.5, 0.6) is 5.75 Å². The SMILES string of the molecule is CNC(c1ccc(OC)cc1Cl)c1c(F)cccc1F. The molecule has 0 saturated carbocycles. The highest BCUT2D eigenvalue weighted by Crippen LogP contribution is 2.33. The van der Waals surface area contributed by atoms with E-state index in [-0.39, 0.29) is 5.56 Å². The van der Waals surface area contributed by atoms with E-state index in [0.717, 1.165) is 0 Å². The Hall–Kier alpha value is -1.65. The van der Waals surface area contributed by atoms with E-state index in [1.54, 1.807) is 25.2 Å². The van der Waals surface area contributed by atoms with Gasteiger partial charge in [0.25, 0.3) is 0 Å². The highest BCUT2D eigenvalue weighted by molar-refractivity contribution is 6.31. The molecule has 1 atom stereocenters. The van der Waals surface area contributed by atoms with Crippen molar-refractivity contribution in [2.24, 2.45) is 0 Å². The van der Waals surface area contributed by atoms with Crippen molar-refractivity contribution in [3.63, 3.8) is 0 Å². The van der Waals surface area contributed by atoms with Crippen LogP contribution in [0.2, 0.25) is 5.02 Å². The molecule has 0 spiro atoms. The van der Waals surface area contributed by atoms with E-state index >= 15 is 0 Å². The standard InChI is InChI=1S/C15H14ClF2NO/c1-19-15(14-12(17)4-3-5-13(14)18)10-7-6-9(20-2)8-11(10)16/h3-8,15,19H,1-2H3. The molecule has 2 rings (SSSR count). The molecule has 0 aromatic heterocycles. The van der Waals surface area contributed by atoms with E-state index in [1.165, 1.54) is 25.3 Å². The largest absolute Gasteiger partial charge is 0.497 e. The second kappa shape index (κ2) is 6.20. The second-order valence-corrected chi connectivity index (χ2v) is 4.65. The van der Waals surface area contributed by atoms with Gasteiger partial charge in [-0.2, -0.15) is 0 Å². The van der Waals surface area contributed by atoms with Gasteiger partial charge in [0.1, 0.15) is 17.4 Å². The predicted octanol–water partition coefficient (Wildman–Crippen LogP) is 3.94. The molecule has 20 heavy (non-hydrogen) atoms. The van der Waals surface area contributed by atoms with Crippen molar-refractivity contribution in [3.8, 4) is 5.75 Å². The maximum absolute atomic E-state index is 13.9. The molecule has 0 fully saturated rings. The van der Waals surface area contributed by atoms with E-state index in [9.17, 15) is 8.78 Å².